The molecule has 0 aliphatic carbocycles. The fraction of sp³-hybridized carbons (Fsp3) is 0. The second-order valence-corrected chi connectivity index (χ2v) is 8.78. The molecule has 0 atom stereocenters. The van der Waals surface area contributed by atoms with Crippen molar-refractivity contribution >= 4 is 49.9 Å². The molecular formula is C22H11ClF2N4O3S. The van der Waals surface area contributed by atoms with Crippen LogP contribution in [0.25, 0.3) is 15.9 Å². The Morgan fingerprint density at radius 3 is 2.58 bits per heavy atom. The number of sulfonamides is 1. The summed E-state index contributed by atoms with van der Waals surface area (Å²) in [5, 5.41) is -0.471. The lowest BCUT2D eigenvalue weighted by Crippen LogP contribution is -2.15. The van der Waals surface area contributed by atoms with E-state index in [4.69, 9.17) is 18.2 Å². The molecular weight excluding hydrogens is 474 g/mol. The Kier molecular flexibility index (Phi) is 5.76. The number of carbonyl (C=O) groups excluding carboxylic acids is 1. The van der Waals surface area contributed by atoms with Crippen molar-refractivity contribution in [3.63, 3.8) is 0 Å². The van der Waals surface area contributed by atoms with Gasteiger partial charge in [-0.15, -0.1) is 4.98 Å². The summed E-state index contributed by atoms with van der Waals surface area (Å²) < 4.78 is 55.4. The molecule has 1 aromatic heterocycles. The normalized spacial score (nSPS) is 11.2. The molecule has 0 saturated carbocycles. The number of rotatable bonds is 5. The maximum Gasteiger partial charge on any atom is 0.288 e. The average molecular weight is 485 g/mol. The van der Waals surface area contributed by atoms with E-state index in [2.05, 4.69) is 19.5 Å². The number of benzene rings is 3. The van der Waals surface area contributed by atoms with Crippen molar-refractivity contribution in [1.82, 2.24) is 9.97 Å². The van der Waals surface area contributed by atoms with Gasteiger partial charge in [-0.25, -0.2) is 17.2 Å². The minimum absolute atomic E-state index is 0.00451. The number of ketones is 1. The quantitative estimate of drug-likeness (QED) is 0.312. The minimum Gasteiger partial charge on any atom is -0.359 e. The molecule has 0 fully saturated rings. The summed E-state index contributed by atoms with van der Waals surface area (Å²) in [6.45, 7) is 7.03. The largest absolute Gasteiger partial charge is 0.359 e. The molecule has 1 N–H and O–H groups in total. The standard InChI is InChI=1S/C22H11ClF2N4O3S/c1-26-19-11-27-16-7-5-12(9-18(16)28-19)22(30)20-15(25)6-8-17(21(20)23)29-33(31,32)14-4-2-3-13(24)10-14/h2-11,29H. The average Bonchev–Trinajstić information content (AvgIpc) is 2.80. The zero-order valence-corrected chi connectivity index (χ0v) is 18.0. The van der Waals surface area contributed by atoms with Crippen LogP contribution in [-0.4, -0.2) is 24.2 Å². The van der Waals surface area contributed by atoms with Gasteiger partial charge in [0.05, 0.1) is 27.4 Å². The molecule has 7 nitrogen and oxygen atoms in total. The maximum absolute atomic E-state index is 14.6. The summed E-state index contributed by atoms with van der Waals surface area (Å²) in [5.74, 6) is -2.55. The summed E-state index contributed by atoms with van der Waals surface area (Å²) in [6.07, 6.45) is 1.28. The molecule has 0 aliphatic heterocycles. The Morgan fingerprint density at radius 2 is 1.85 bits per heavy atom. The van der Waals surface area contributed by atoms with Gasteiger partial charge in [-0.3, -0.25) is 14.5 Å². The number of carbonyl (C=O) groups is 1. The lowest BCUT2D eigenvalue weighted by atomic mass is 10.0. The maximum atomic E-state index is 14.6. The lowest BCUT2D eigenvalue weighted by Gasteiger charge is -2.13. The van der Waals surface area contributed by atoms with Crippen LogP contribution in [-0.2, 0) is 10.0 Å². The molecule has 4 aromatic rings. The summed E-state index contributed by atoms with van der Waals surface area (Å²) in [6, 6.07) is 10.4. The van der Waals surface area contributed by atoms with Gasteiger partial charge < -0.3 is 4.85 Å². The molecule has 11 heteroatoms. The summed E-state index contributed by atoms with van der Waals surface area (Å²) in [7, 11) is -4.27. The Bertz CT molecular complexity index is 1590. The number of nitrogens with zero attached hydrogens (tertiary/aromatic N) is 3. The number of nitrogens with one attached hydrogen (secondary N) is 1. The molecule has 0 radical (unpaired) electrons. The van der Waals surface area contributed by atoms with Gasteiger partial charge in [0, 0.05) is 11.6 Å². The third kappa shape index (κ3) is 4.37. The van der Waals surface area contributed by atoms with Gasteiger partial charge in [0.2, 0.25) is 0 Å². The fourth-order valence-electron chi connectivity index (χ4n) is 3.02. The van der Waals surface area contributed by atoms with E-state index in [9.17, 15) is 22.0 Å². The number of aromatic nitrogens is 2. The van der Waals surface area contributed by atoms with Crippen LogP contribution in [0.2, 0.25) is 5.02 Å². The highest BCUT2D eigenvalue weighted by Gasteiger charge is 2.24. The van der Waals surface area contributed by atoms with Crippen molar-refractivity contribution in [2.45, 2.75) is 4.90 Å². The molecule has 0 unspecified atom stereocenters. The highest BCUT2D eigenvalue weighted by molar-refractivity contribution is 7.92. The van der Waals surface area contributed by atoms with Gasteiger partial charge in [0.15, 0.2) is 11.3 Å². The van der Waals surface area contributed by atoms with Gasteiger partial charge in [-0.1, -0.05) is 24.2 Å². The summed E-state index contributed by atoms with van der Waals surface area (Å²) in [4.78, 5) is 24.0. The lowest BCUT2D eigenvalue weighted by molar-refractivity contribution is 0.103. The van der Waals surface area contributed by atoms with Gasteiger partial charge in [0.1, 0.15) is 17.2 Å². The van der Waals surface area contributed by atoms with Crippen LogP contribution in [0.1, 0.15) is 15.9 Å². The molecule has 164 valence electrons. The molecule has 33 heavy (non-hydrogen) atoms. The predicted molar refractivity (Wildman–Crippen MR) is 118 cm³/mol. The fourth-order valence-corrected chi connectivity index (χ4v) is 4.46. The Labute approximate surface area is 191 Å². The molecule has 1 heterocycles. The van der Waals surface area contributed by atoms with Gasteiger partial charge >= 0.3 is 0 Å². The van der Waals surface area contributed by atoms with E-state index in [1.54, 1.807) is 0 Å². The summed E-state index contributed by atoms with van der Waals surface area (Å²) in [5.41, 5.74) is -0.160. The van der Waals surface area contributed by atoms with Crippen LogP contribution in [0.3, 0.4) is 0 Å². The van der Waals surface area contributed by atoms with Crippen LogP contribution in [0.4, 0.5) is 20.3 Å². The van der Waals surface area contributed by atoms with Crippen LogP contribution < -0.4 is 4.72 Å². The number of hydrogen-bond acceptors (Lipinski definition) is 5. The van der Waals surface area contributed by atoms with Crippen molar-refractivity contribution in [2.24, 2.45) is 0 Å². The Morgan fingerprint density at radius 1 is 1.06 bits per heavy atom. The van der Waals surface area contributed by atoms with E-state index in [-0.39, 0.29) is 27.5 Å². The van der Waals surface area contributed by atoms with E-state index in [0.29, 0.717) is 5.52 Å². The molecule has 0 amide bonds. The van der Waals surface area contributed by atoms with Crippen molar-refractivity contribution in [3.05, 3.63) is 100.0 Å². The third-order valence-electron chi connectivity index (χ3n) is 4.58. The first kappa shape index (κ1) is 22.3. The monoisotopic (exact) mass is 484 g/mol. The zero-order valence-electron chi connectivity index (χ0n) is 16.4. The molecule has 4 rings (SSSR count). The number of hydrogen-bond donors (Lipinski definition) is 1. The van der Waals surface area contributed by atoms with Gasteiger partial charge in [-0.05, 0) is 42.5 Å². The van der Waals surface area contributed by atoms with E-state index in [1.807, 2.05) is 0 Å². The van der Waals surface area contributed by atoms with E-state index in [0.717, 1.165) is 24.3 Å². The minimum atomic E-state index is -4.27. The van der Waals surface area contributed by atoms with Crippen LogP contribution in [0.5, 0.6) is 0 Å². The predicted octanol–water partition coefficient (Wildman–Crippen LogP) is 5.14. The van der Waals surface area contributed by atoms with Gasteiger partial charge in [-0.2, -0.15) is 0 Å². The van der Waals surface area contributed by atoms with Crippen molar-refractivity contribution in [1.29, 1.82) is 0 Å². The van der Waals surface area contributed by atoms with Crippen LogP contribution >= 0.6 is 11.6 Å². The van der Waals surface area contributed by atoms with E-state index >= 15 is 0 Å². The van der Waals surface area contributed by atoms with E-state index in [1.165, 1.54) is 36.5 Å². The van der Waals surface area contributed by atoms with Crippen molar-refractivity contribution in [2.75, 3.05) is 4.72 Å². The first-order chi connectivity index (χ1) is 15.7. The highest BCUT2D eigenvalue weighted by atomic mass is 35.5. The smallest absolute Gasteiger partial charge is 0.288 e. The molecule has 0 saturated heterocycles. The van der Waals surface area contributed by atoms with Crippen LogP contribution in [0.15, 0.2) is 65.7 Å². The topological polar surface area (TPSA) is 93.4 Å². The first-order valence-corrected chi connectivity index (χ1v) is 11.0. The third-order valence-corrected chi connectivity index (χ3v) is 6.33. The summed E-state index contributed by atoms with van der Waals surface area (Å²) >= 11 is 6.22. The highest BCUT2D eigenvalue weighted by Crippen LogP contribution is 2.32. The van der Waals surface area contributed by atoms with Crippen molar-refractivity contribution < 1.29 is 22.0 Å². The number of fused-ring (bicyclic) bond motifs is 1. The van der Waals surface area contributed by atoms with Crippen molar-refractivity contribution in [3.8, 4) is 0 Å². The Hall–Kier alpha value is -3.94. The molecule has 0 spiro atoms. The SMILES string of the molecule is [C-]#[N+]c1cnc2ccc(C(=O)c3c(F)ccc(NS(=O)(=O)c4cccc(F)c4)c3Cl)cc2n1. The van der Waals surface area contributed by atoms with Gasteiger partial charge in [0.25, 0.3) is 15.8 Å². The second-order valence-electron chi connectivity index (χ2n) is 6.72. The number of anilines is 1. The van der Waals surface area contributed by atoms with E-state index < -0.39 is 38.0 Å². The van der Waals surface area contributed by atoms with Crippen LogP contribution in [0, 0.1) is 18.2 Å². The zero-order chi connectivity index (χ0) is 23.8. The number of halogens is 3. The first-order valence-electron chi connectivity index (χ1n) is 9.15. The second kappa shape index (κ2) is 8.54. The Balaban J connectivity index is 1.75. The molecule has 3 aromatic carbocycles. The molecule has 0 aliphatic rings. The molecule has 0 bridgehead atoms.